The van der Waals surface area contributed by atoms with Gasteiger partial charge in [0.25, 0.3) is 0 Å². The van der Waals surface area contributed by atoms with Gasteiger partial charge in [-0.1, -0.05) is 18.2 Å². The van der Waals surface area contributed by atoms with Crippen molar-refractivity contribution < 1.29 is 14.3 Å². The molecule has 1 saturated heterocycles. The van der Waals surface area contributed by atoms with Crippen LogP contribution in [0.2, 0.25) is 0 Å². The van der Waals surface area contributed by atoms with Crippen LogP contribution in [0, 0.1) is 0 Å². The van der Waals surface area contributed by atoms with E-state index in [-0.39, 0.29) is 5.97 Å². The number of hydrogen-bond donors (Lipinski definition) is 0. The van der Waals surface area contributed by atoms with Crippen LogP contribution in [0.25, 0.3) is 0 Å². The highest BCUT2D eigenvalue weighted by molar-refractivity contribution is 5.74. The second-order valence-corrected chi connectivity index (χ2v) is 5.10. The molecular weight excluding hydrogens is 268 g/mol. The molecule has 0 aliphatic carbocycles. The van der Waals surface area contributed by atoms with Gasteiger partial charge in [0.2, 0.25) is 0 Å². The Balaban J connectivity index is 1.65. The van der Waals surface area contributed by atoms with Gasteiger partial charge < -0.3 is 9.47 Å². The fourth-order valence-electron chi connectivity index (χ4n) is 2.34. The van der Waals surface area contributed by atoms with Gasteiger partial charge in [-0.3, -0.25) is 14.6 Å². The molecule has 21 heavy (non-hydrogen) atoms. The second kappa shape index (κ2) is 8.77. The van der Waals surface area contributed by atoms with Crippen molar-refractivity contribution in [2.45, 2.75) is 6.92 Å². The van der Waals surface area contributed by atoms with Crippen LogP contribution in [0.5, 0.6) is 5.75 Å². The van der Waals surface area contributed by atoms with Gasteiger partial charge in [0.05, 0.1) is 13.2 Å². The van der Waals surface area contributed by atoms with Gasteiger partial charge in [-0.15, -0.1) is 0 Å². The summed E-state index contributed by atoms with van der Waals surface area (Å²) in [6, 6.07) is 9.21. The van der Waals surface area contributed by atoms with Crippen LogP contribution in [0.4, 0.5) is 0 Å². The largest absolute Gasteiger partial charge is 0.426 e. The average Bonchev–Trinajstić information content (AvgIpc) is 2.50. The van der Waals surface area contributed by atoms with Crippen LogP contribution in [0.1, 0.15) is 6.92 Å². The maximum absolute atomic E-state index is 11.9. The van der Waals surface area contributed by atoms with Crippen molar-refractivity contribution in [2.75, 3.05) is 52.5 Å². The number of nitrogens with zero attached hydrogens (tertiary/aromatic N) is 2. The van der Waals surface area contributed by atoms with Crippen LogP contribution in [0.3, 0.4) is 0 Å². The van der Waals surface area contributed by atoms with Crippen LogP contribution in [-0.4, -0.2) is 68.3 Å². The number of para-hydroxylation sites is 1. The standard InChI is InChI=1S/C16H24N2O3/c1-2-20-13-12-17-8-10-18(11-9-17)14-16(19)21-15-6-4-3-5-7-15/h3-7H,2,8-14H2,1H3. The minimum absolute atomic E-state index is 0.191. The molecule has 1 fully saturated rings. The van der Waals surface area contributed by atoms with Crippen molar-refractivity contribution in [3.05, 3.63) is 30.3 Å². The third kappa shape index (κ3) is 5.83. The molecule has 1 aliphatic heterocycles. The molecule has 0 aromatic heterocycles. The number of ether oxygens (including phenoxy) is 2. The molecule has 1 heterocycles. The number of carbonyl (C=O) groups excluding carboxylic acids is 1. The summed E-state index contributed by atoms with van der Waals surface area (Å²) in [5.74, 6) is 0.418. The SMILES string of the molecule is CCOCCN1CCN(CC(=O)Oc2ccccc2)CC1. The van der Waals surface area contributed by atoms with Crippen LogP contribution in [0.15, 0.2) is 30.3 Å². The van der Waals surface area contributed by atoms with E-state index in [9.17, 15) is 4.79 Å². The number of carbonyl (C=O) groups is 1. The number of piperazine rings is 1. The zero-order chi connectivity index (χ0) is 14.9. The molecule has 0 unspecified atom stereocenters. The highest BCUT2D eigenvalue weighted by atomic mass is 16.5. The maximum Gasteiger partial charge on any atom is 0.325 e. The number of benzene rings is 1. The monoisotopic (exact) mass is 292 g/mol. The van der Waals surface area contributed by atoms with Gasteiger partial charge in [0, 0.05) is 39.3 Å². The molecular formula is C16H24N2O3. The van der Waals surface area contributed by atoms with E-state index in [1.165, 1.54) is 0 Å². The van der Waals surface area contributed by atoms with Gasteiger partial charge in [-0.05, 0) is 19.1 Å². The Hall–Kier alpha value is -1.43. The smallest absolute Gasteiger partial charge is 0.325 e. The van der Waals surface area contributed by atoms with E-state index in [0.29, 0.717) is 12.3 Å². The van der Waals surface area contributed by atoms with E-state index in [0.717, 1.165) is 45.9 Å². The summed E-state index contributed by atoms with van der Waals surface area (Å²) in [6.07, 6.45) is 0. The fourth-order valence-corrected chi connectivity index (χ4v) is 2.34. The van der Waals surface area contributed by atoms with Gasteiger partial charge in [0.1, 0.15) is 5.75 Å². The molecule has 116 valence electrons. The van der Waals surface area contributed by atoms with E-state index in [1.807, 2.05) is 25.1 Å². The first-order valence-electron chi connectivity index (χ1n) is 7.56. The van der Waals surface area contributed by atoms with E-state index in [4.69, 9.17) is 9.47 Å². The first-order valence-corrected chi connectivity index (χ1v) is 7.56. The summed E-state index contributed by atoms with van der Waals surface area (Å²) in [4.78, 5) is 16.4. The summed E-state index contributed by atoms with van der Waals surface area (Å²) in [7, 11) is 0. The predicted molar refractivity (Wildman–Crippen MR) is 81.5 cm³/mol. The molecule has 0 atom stereocenters. The Morgan fingerprint density at radius 2 is 1.76 bits per heavy atom. The van der Waals surface area contributed by atoms with E-state index in [2.05, 4.69) is 9.80 Å². The maximum atomic E-state index is 11.9. The van der Waals surface area contributed by atoms with Crippen molar-refractivity contribution in [1.29, 1.82) is 0 Å². The lowest BCUT2D eigenvalue weighted by molar-refractivity contribution is -0.136. The molecule has 0 bridgehead atoms. The number of esters is 1. The lowest BCUT2D eigenvalue weighted by Gasteiger charge is -2.33. The molecule has 5 nitrogen and oxygen atoms in total. The lowest BCUT2D eigenvalue weighted by atomic mass is 10.3. The zero-order valence-corrected chi connectivity index (χ0v) is 12.7. The molecule has 0 N–H and O–H groups in total. The molecule has 1 aliphatic rings. The van der Waals surface area contributed by atoms with E-state index in [1.54, 1.807) is 12.1 Å². The first-order chi connectivity index (χ1) is 10.3. The summed E-state index contributed by atoms with van der Waals surface area (Å²) in [6.45, 7) is 8.64. The first kappa shape index (κ1) is 15.9. The van der Waals surface area contributed by atoms with Gasteiger partial charge in [0.15, 0.2) is 0 Å². The zero-order valence-electron chi connectivity index (χ0n) is 12.7. The van der Waals surface area contributed by atoms with Crippen molar-refractivity contribution in [2.24, 2.45) is 0 Å². The number of rotatable bonds is 7. The van der Waals surface area contributed by atoms with Gasteiger partial charge in [-0.2, -0.15) is 0 Å². The molecule has 0 amide bonds. The third-order valence-corrected chi connectivity index (χ3v) is 3.55. The molecule has 0 spiro atoms. The average molecular weight is 292 g/mol. The van der Waals surface area contributed by atoms with Crippen LogP contribution < -0.4 is 4.74 Å². The van der Waals surface area contributed by atoms with Gasteiger partial charge >= 0.3 is 5.97 Å². The summed E-state index contributed by atoms with van der Waals surface area (Å²) >= 11 is 0. The minimum Gasteiger partial charge on any atom is -0.426 e. The molecule has 2 rings (SSSR count). The highest BCUT2D eigenvalue weighted by Gasteiger charge is 2.19. The van der Waals surface area contributed by atoms with Gasteiger partial charge in [-0.25, -0.2) is 0 Å². The van der Waals surface area contributed by atoms with Crippen molar-refractivity contribution >= 4 is 5.97 Å². The Labute approximate surface area is 126 Å². The van der Waals surface area contributed by atoms with E-state index >= 15 is 0 Å². The third-order valence-electron chi connectivity index (χ3n) is 3.55. The molecule has 0 saturated carbocycles. The molecule has 5 heteroatoms. The summed E-state index contributed by atoms with van der Waals surface area (Å²) < 4.78 is 10.7. The Morgan fingerprint density at radius 1 is 1.10 bits per heavy atom. The number of hydrogen-bond acceptors (Lipinski definition) is 5. The Kier molecular flexibility index (Phi) is 6.66. The second-order valence-electron chi connectivity index (χ2n) is 5.10. The van der Waals surface area contributed by atoms with Crippen molar-refractivity contribution in [1.82, 2.24) is 9.80 Å². The highest BCUT2D eigenvalue weighted by Crippen LogP contribution is 2.09. The molecule has 1 aromatic carbocycles. The van der Waals surface area contributed by atoms with Crippen LogP contribution >= 0.6 is 0 Å². The van der Waals surface area contributed by atoms with Crippen LogP contribution in [-0.2, 0) is 9.53 Å². The predicted octanol–water partition coefficient (Wildman–Crippen LogP) is 1.25. The fraction of sp³-hybridized carbons (Fsp3) is 0.562. The van der Waals surface area contributed by atoms with Crippen molar-refractivity contribution in [3.8, 4) is 5.75 Å². The molecule has 1 aromatic rings. The Morgan fingerprint density at radius 3 is 2.43 bits per heavy atom. The molecule has 0 radical (unpaired) electrons. The van der Waals surface area contributed by atoms with E-state index < -0.39 is 0 Å². The quantitative estimate of drug-likeness (QED) is 0.430. The minimum atomic E-state index is -0.191. The topological polar surface area (TPSA) is 42.0 Å². The Bertz CT molecular complexity index is 417. The summed E-state index contributed by atoms with van der Waals surface area (Å²) in [5, 5.41) is 0. The lowest BCUT2D eigenvalue weighted by Crippen LogP contribution is -2.49. The normalized spacial score (nSPS) is 16.8. The van der Waals surface area contributed by atoms with Crippen molar-refractivity contribution in [3.63, 3.8) is 0 Å². The summed E-state index contributed by atoms with van der Waals surface area (Å²) in [5.41, 5.74) is 0.